The Morgan fingerprint density at radius 3 is 2.47 bits per heavy atom. The van der Waals surface area contributed by atoms with Gasteiger partial charge in [-0.3, -0.25) is 9.59 Å². The lowest BCUT2D eigenvalue weighted by molar-refractivity contribution is -0.134. The average Bonchev–Trinajstić information content (AvgIpc) is 3.65. The lowest BCUT2D eigenvalue weighted by atomic mass is 9.92. The molecular formula is C28H39N5O3. The van der Waals surface area contributed by atoms with Crippen molar-refractivity contribution in [2.45, 2.75) is 76.8 Å². The van der Waals surface area contributed by atoms with Crippen molar-refractivity contribution in [3.8, 4) is 11.4 Å². The van der Waals surface area contributed by atoms with Crippen LogP contribution in [-0.2, 0) is 9.59 Å². The number of carbonyl (C=O) groups is 2. The lowest BCUT2D eigenvalue weighted by Gasteiger charge is -2.34. The van der Waals surface area contributed by atoms with Crippen LogP contribution in [0.2, 0.25) is 0 Å². The fourth-order valence-corrected chi connectivity index (χ4v) is 6.16. The highest BCUT2D eigenvalue weighted by Gasteiger charge is 2.44. The molecule has 36 heavy (non-hydrogen) atoms. The molecule has 1 saturated carbocycles. The van der Waals surface area contributed by atoms with E-state index >= 15 is 0 Å². The number of nitrogens with zero attached hydrogens (tertiary/aromatic N) is 4. The van der Waals surface area contributed by atoms with Gasteiger partial charge in [-0.25, -0.2) is 0 Å². The van der Waals surface area contributed by atoms with Crippen LogP contribution in [0.1, 0.15) is 70.6 Å². The van der Waals surface area contributed by atoms with Crippen molar-refractivity contribution >= 4 is 11.8 Å². The molecule has 0 unspecified atom stereocenters. The summed E-state index contributed by atoms with van der Waals surface area (Å²) in [6.45, 7) is 8.24. The van der Waals surface area contributed by atoms with Crippen molar-refractivity contribution in [2.24, 2.45) is 11.8 Å². The minimum atomic E-state index is -0.172. The first-order chi connectivity index (χ1) is 17.5. The average molecular weight is 494 g/mol. The first-order valence-corrected chi connectivity index (χ1v) is 13.7. The van der Waals surface area contributed by atoms with Crippen LogP contribution in [0.15, 0.2) is 34.9 Å². The molecular weight excluding hydrogens is 454 g/mol. The van der Waals surface area contributed by atoms with Gasteiger partial charge in [-0.05, 0) is 71.4 Å². The maximum absolute atomic E-state index is 13.2. The smallest absolute Gasteiger partial charge is 0.232 e. The standard InChI is InChI=1S/C28H39N5O3/c1-19(2)32-14-10-20(11-15-32)16-25(34)29-24-18-22(28(35)33-12-6-7-13-33)17-23(24)27-30-26(31-36-27)21-8-4-3-5-9-21/h3-5,8-9,19-20,22-24H,6-7,10-18H2,1-2H3,(H,29,34)/t22-,23-,24+/m1/s1. The van der Waals surface area contributed by atoms with Gasteiger partial charge in [0.05, 0.1) is 5.92 Å². The number of amides is 2. The van der Waals surface area contributed by atoms with Crippen molar-refractivity contribution in [1.82, 2.24) is 25.3 Å². The van der Waals surface area contributed by atoms with Crippen LogP contribution < -0.4 is 5.32 Å². The number of piperidine rings is 1. The van der Waals surface area contributed by atoms with E-state index in [-0.39, 0.29) is 29.7 Å². The van der Waals surface area contributed by atoms with Crippen molar-refractivity contribution in [2.75, 3.05) is 26.2 Å². The number of benzene rings is 1. The van der Waals surface area contributed by atoms with Crippen LogP contribution in [0.25, 0.3) is 11.4 Å². The Labute approximate surface area is 213 Å². The maximum atomic E-state index is 13.2. The van der Waals surface area contributed by atoms with Crippen LogP contribution in [-0.4, -0.2) is 70.0 Å². The summed E-state index contributed by atoms with van der Waals surface area (Å²) in [5, 5.41) is 7.49. The molecule has 2 saturated heterocycles. The van der Waals surface area contributed by atoms with Crippen LogP contribution >= 0.6 is 0 Å². The highest BCUT2D eigenvalue weighted by atomic mass is 16.5. The Hall–Kier alpha value is -2.74. The van der Waals surface area contributed by atoms with E-state index in [2.05, 4.69) is 29.2 Å². The van der Waals surface area contributed by atoms with E-state index in [1.807, 2.05) is 35.2 Å². The Morgan fingerprint density at radius 1 is 1.06 bits per heavy atom. The van der Waals surface area contributed by atoms with Gasteiger partial charge in [0.2, 0.25) is 23.5 Å². The van der Waals surface area contributed by atoms with Gasteiger partial charge in [0, 0.05) is 43.1 Å². The number of rotatable bonds is 7. The number of aromatic nitrogens is 2. The van der Waals surface area contributed by atoms with E-state index in [4.69, 9.17) is 9.51 Å². The fourth-order valence-electron chi connectivity index (χ4n) is 6.16. The minimum absolute atomic E-state index is 0.0741. The zero-order chi connectivity index (χ0) is 25.1. The molecule has 3 atom stereocenters. The molecule has 1 N–H and O–H groups in total. The molecule has 2 aromatic rings. The lowest BCUT2D eigenvalue weighted by Crippen LogP contribution is -2.41. The van der Waals surface area contributed by atoms with Crippen LogP contribution in [0.5, 0.6) is 0 Å². The Morgan fingerprint density at radius 2 is 1.78 bits per heavy atom. The molecule has 8 nitrogen and oxygen atoms in total. The Balaban J connectivity index is 1.27. The van der Waals surface area contributed by atoms with Gasteiger partial charge < -0.3 is 19.6 Å². The zero-order valence-electron chi connectivity index (χ0n) is 21.6. The van der Waals surface area contributed by atoms with Crippen molar-refractivity contribution in [3.05, 3.63) is 36.2 Å². The third kappa shape index (κ3) is 5.64. The van der Waals surface area contributed by atoms with E-state index in [0.29, 0.717) is 42.9 Å². The molecule has 3 heterocycles. The first-order valence-electron chi connectivity index (χ1n) is 13.7. The zero-order valence-corrected chi connectivity index (χ0v) is 21.6. The normalized spacial score (nSPS) is 25.5. The maximum Gasteiger partial charge on any atom is 0.232 e. The molecule has 2 aliphatic heterocycles. The molecule has 1 aromatic carbocycles. The number of nitrogens with one attached hydrogen (secondary N) is 1. The molecule has 8 heteroatoms. The van der Waals surface area contributed by atoms with E-state index in [1.54, 1.807) is 0 Å². The van der Waals surface area contributed by atoms with Gasteiger partial charge >= 0.3 is 0 Å². The van der Waals surface area contributed by atoms with E-state index in [0.717, 1.165) is 57.4 Å². The van der Waals surface area contributed by atoms with Crippen LogP contribution in [0.4, 0.5) is 0 Å². The number of hydrogen-bond acceptors (Lipinski definition) is 6. The Kier molecular flexibility index (Phi) is 7.70. The highest BCUT2D eigenvalue weighted by Crippen LogP contribution is 2.40. The summed E-state index contributed by atoms with van der Waals surface area (Å²) in [7, 11) is 0. The summed E-state index contributed by atoms with van der Waals surface area (Å²) in [5.41, 5.74) is 0.892. The van der Waals surface area contributed by atoms with Crippen molar-refractivity contribution in [1.29, 1.82) is 0 Å². The van der Waals surface area contributed by atoms with E-state index in [9.17, 15) is 9.59 Å². The SMILES string of the molecule is CC(C)N1CCC(CC(=O)N[C@H]2C[C@H](C(=O)N3CCCC3)C[C@H]2c2nc(-c3ccccc3)no2)CC1. The summed E-state index contributed by atoms with van der Waals surface area (Å²) < 4.78 is 5.71. The molecule has 194 valence electrons. The monoisotopic (exact) mass is 493 g/mol. The second-order valence-corrected chi connectivity index (χ2v) is 11.1. The van der Waals surface area contributed by atoms with Gasteiger partial charge in [-0.1, -0.05) is 35.5 Å². The van der Waals surface area contributed by atoms with E-state index in [1.165, 1.54) is 0 Å². The van der Waals surface area contributed by atoms with Gasteiger partial charge in [0.25, 0.3) is 0 Å². The van der Waals surface area contributed by atoms with Gasteiger partial charge in [0.1, 0.15) is 0 Å². The predicted octanol–water partition coefficient (Wildman–Crippen LogP) is 3.85. The molecule has 0 bridgehead atoms. The number of carbonyl (C=O) groups excluding carboxylic acids is 2. The van der Waals surface area contributed by atoms with Crippen molar-refractivity contribution < 1.29 is 14.1 Å². The third-order valence-corrected chi connectivity index (χ3v) is 8.32. The molecule has 2 amide bonds. The first kappa shape index (κ1) is 24.9. The van der Waals surface area contributed by atoms with Gasteiger partial charge in [0.15, 0.2) is 0 Å². The predicted molar refractivity (Wildman–Crippen MR) is 137 cm³/mol. The summed E-state index contributed by atoms with van der Waals surface area (Å²) in [4.78, 5) is 35.5. The number of hydrogen-bond donors (Lipinski definition) is 1. The largest absolute Gasteiger partial charge is 0.353 e. The molecule has 5 rings (SSSR count). The topological polar surface area (TPSA) is 91.6 Å². The molecule has 1 aromatic heterocycles. The molecule has 3 fully saturated rings. The Bertz CT molecular complexity index is 1020. The molecule has 1 aliphatic carbocycles. The summed E-state index contributed by atoms with van der Waals surface area (Å²) >= 11 is 0. The second-order valence-electron chi connectivity index (χ2n) is 11.1. The highest BCUT2D eigenvalue weighted by molar-refractivity contribution is 5.80. The summed E-state index contributed by atoms with van der Waals surface area (Å²) in [6, 6.07) is 10.1. The van der Waals surface area contributed by atoms with Crippen LogP contribution in [0.3, 0.4) is 0 Å². The summed E-state index contributed by atoms with van der Waals surface area (Å²) in [6.07, 6.45) is 6.05. The fraction of sp³-hybridized carbons (Fsp3) is 0.643. The molecule has 0 radical (unpaired) electrons. The summed E-state index contributed by atoms with van der Waals surface area (Å²) in [5.74, 6) is 1.47. The van der Waals surface area contributed by atoms with Crippen molar-refractivity contribution in [3.63, 3.8) is 0 Å². The third-order valence-electron chi connectivity index (χ3n) is 8.32. The van der Waals surface area contributed by atoms with Crippen LogP contribution in [0, 0.1) is 11.8 Å². The minimum Gasteiger partial charge on any atom is -0.353 e. The van der Waals surface area contributed by atoms with Gasteiger partial charge in [-0.15, -0.1) is 0 Å². The second kappa shape index (κ2) is 11.1. The van der Waals surface area contributed by atoms with Gasteiger partial charge in [-0.2, -0.15) is 4.98 Å². The molecule has 3 aliphatic rings. The quantitative estimate of drug-likeness (QED) is 0.630. The molecule has 0 spiro atoms. The van der Waals surface area contributed by atoms with E-state index < -0.39 is 0 Å². The number of likely N-dealkylation sites (tertiary alicyclic amines) is 2.